The average molecular weight is 316 g/mol. The Labute approximate surface area is 135 Å². The van der Waals surface area contributed by atoms with Gasteiger partial charge in [-0.15, -0.1) is 0 Å². The van der Waals surface area contributed by atoms with Gasteiger partial charge in [0, 0.05) is 26.2 Å². The smallest absolute Gasteiger partial charge is 0.260 e. The second kappa shape index (κ2) is 7.10. The van der Waals surface area contributed by atoms with E-state index in [1.54, 1.807) is 6.07 Å². The summed E-state index contributed by atoms with van der Waals surface area (Å²) in [5, 5.41) is 3.83. The third-order valence-corrected chi connectivity index (χ3v) is 4.05. The first-order chi connectivity index (χ1) is 11.1. The predicted molar refractivity (Wildman–Crippen MR) is 91.9 cm³/mol. The van der Waals surface area contributed by atoms with Gasteiger partial charge in [-0.2, -0.15) is 0 Å². The van der Waals surface area contributed by atoms with Crippen molar-refractivity contribution in [3.05, 3.63) is 34.6 Å². The minimum atomic E-state index is -0.103. The first-order valence-corrected chi connectivity index (χ1v) is 8.22. The minimum absolute atomic E-state index is 0.103. The van der Waals surface area contributed by atoms with Gasteiger partial charge < -0.3 is 10.1 Å². The van der Waals surface area contributed by atoms with Crippen LogP contribution in [0.5, 0.6) is 0 Å². The quantitative estimate of drug-likeness (QED) is 0.824. The fourth-order valence-corrected chi connectivity index (χ4v) is 3.15. The molecule has 0 spiro atoms. The third-order valence-electron chi connectivity index (χ3n) is 4.05. The molecule has 1 aromatic heterocycles. The number of aromatic nitrogens is 2. The van der Waals surface area contributed by atoms with Crippen molar-refractivity contribution in [2.45, 2.75) is 32.5 Å². The Morgan fingerprint density at radius 1 is 1.30 bits per heavy atom. The molecule has 6 nitrogen and oxygen atoms in total. The van der Waals surface area contributed by atoms with Gasteiger partial charge in [-0.25, -0.2) is 4.98 Å². The monoisotopic (exact) mass is 316 g/mol. The van der Waals surface area contributed by atoms with Crippen molar-refractivity contribution in [3.63, 3.8) is 0 Å². The van der Waals surface area contributed by atoms with Crippen LogP contribution in [0.25, 0.3) is 10.9 Å². The zero-order valence-electron chi connectivity index (χ0n) is 13.7. The molecule has 1 fully saturated rings. The lowest BCUT2D eigenvalue weighted by molar-refractivity contribution is -0.0678. The molecule has 0 radical (unpaired) electrons. The normalized spacial score (nSPS) is 22.3. The van der Waals surface area contributed by atoms with Crippen molar-refractivity contribution >= 4 is 16.9 Å². The van der Waals surface area contributed by atoms with E-state index in [-0.39, 0.29) is 5.56 Å². The van der Waals surface area contributed by atoms with Gasteiger partial charge >= 0.3 is 0 Å². The van der Waals surface area contributed by atoms with Gasteiger partial charge in [0.1, 0.15) is 0 Å². The molecule has 1 aromatic carbocycles. The van der Waals surface area contributed by atoms with Crippen LogP contribution in [-0.4, -0.2) is 53.3 Å². The number of hydrogen-bond acceptors (Lipinski definition) is 5. The van der Waals surface area contributed by atoms with Crippen molar-refractivity contribution in [1.82, 2.24) is 14.9 Å². The zero-order valence-corrected chi connectivity index (χ0v) is 13.7. The minimum Gasteiger partial charge on any atom is -0.373 e. The van der Waals surface area contributed by atoms with Gasteiger partial charge in [-0.3, -0.25) is 14.7 Å². The van der Waals surface area contributed by atoms with E-state index in [1.807, 2.05) is 18.2 Å². The number of nitrogens with one attached hydrogen (secondary N) is 2. The Balaban J connectivity index is 1.52. The molecule has 0 aliphatic carbocycles. The van der Waals surface area contributed by atoms with E-state index in [1.165, 1.54) is 0 Å². The van der Waals surface area contributed by atoms with E-state index in [4.69, 9.17) is 4.74 Å². The topological polar surface area (TPSA) is 70.2 Å². The van der Waals surface area contributed by atoms with Crippen LogP contribution in [0.1, 0.15) is 20.3 Å². The van der Waals surface area contributed by atoms with E-state index >= 15 is 0 Å². The number of aromatic amines is 1. The third kappa shape index (κ3) is 4.09. The van der Waals surface area contributed by atoms with E-state index in [0.717, 1.165) is 38.1 Å². The molecule has 2 N–H and O–H groups in total. The van der Waals surface area contributed by atoms with E-state index in [2.05, 4.69) is 34.0 Å². The molecule has 0 bridgehead atoms. The Morgan fingerprint density at radius 2 is 2.04 bits per heavy atom. The molecule has 6 heteroatoms. The number of nitrogens with zero attached hydrogens (tertiary/aromatic N) is 2. The van der Waals surface area contributed by atoms with Crippen molar-refractivity contribution < 1.29 is 4.74 Å². The standard InChI is InChI=1S/C17H24N4O2/c1-12-10-21(11-13(2)23-12)9-5-8-18-17-19-15-7-4-3-6-14(15)16(22)20-17/h3-4,6-7,12-13H,5,8-11H2,1-2H3,(H2,18,19,20,22). The lowest BCUT2D eigenvalue weighted by atomic mass is 10.2. The first kappa shape index (κ1) is 16.0. The molecule has 1 saturated heterocycles. The second-order valence-corrected chi connectivity index (χ2v) is 6.23. The van der Waals surface area contributed by atoms with Crippen LogP contribution < -0.4 is 10.9 Å². The van der Waals surface area contributed by atoms with Crippen LogP contribution in [0.3, 0.4) is 0 Å². The summed E-state index contributed by atoms with van der Waals surface area (Å²) in [4.78, 5) is 21.7. The van der Waals surface area contributed by atoms with Crippen LogP contribution in [-0.2, 0) is 4.74 Å². The lowest BCUT2D eigenvalue weighted by Gasteiger charge is -2.35. The van der Waals surface area contributed by atoms with Gasteiger partial charge in [0.25, 0.3) is 5.56 Å². The molecule has 23 heavy (non-hydrogen) atoms. The molecule has 124 valence electrons. The van der Waals surface area contributed by atoms with Crippen molar-refractivity contribution in [1.29, 1.82) is 0 Å². The van der Waals surface area contributed by atoms with Crippen molar-refractivity contribution in [3.8, 4) is 0 Å². The molecular formula is C17H24N4O2. The van der Waals surface area contributed by atoms with Crippen LogP contribution in [0, 0.1) is 0 Å². The Bertz CT molecular complexity index is 705. The van der Waals surface area contributed by atoms with Crippen molar-refractivity contribution in [2.75, 3.05) is 31.5 Å². The van der Waals surface area contributed by atoms with Gasteiger partial charge in [0.15, 0.2) is 0 Å². The first-order valence-electron chi connectivity index (χ1n) is 8.22. The number of benzene rings is 1. The van der Waals surface area contributed by atoms with Gasteiger partial charge in [-0.05, 0) is 32.4 Å². The predicted octanol–water partition coefficient (Wildman–Crippen LogP) is 1.83. The molecule has 2 heterocycles. The SMILES string of the molecule is CC1CN(CCCNc2nc3ccccc3c(=O)[nH]2)CC(C)O1. The summed E-state index contributed by atoms with van der Waals surface area (Å²) in [5.74, 6) is 0.539. The summed E-state index contributed by atoms with van der Waals surface area (Å²) >= 11 is 0. The number of morpholine rings is 1. The van der Waals surface area contributed by atoms with Crippen LogP contribution in [0.15, 0.2) is 29.1 Å². The van der Waals surface area contributed by atoms with Gasteiger partial charge in [0.2, 0.25) is 5.95 Å². The highest BCUT2D eigenvalue weighted by Gasteiger charge is 2.21. The lowest BCUT2D eigenvalue weighted by Crippen LogP contribution is -2.45. The Hall–Kier alpha value is -1.92. The number of ether oxygens (including phenoxy) is 1. The summed E-state index contributed by atoms with van der Waals surface area (Å²) in [7, 11) is 0. The Morgan fingerprint density at radius 3 is 2.83 bits per heavy atom. The fourth-order valence-electron chi connectivity index (χ4n) is 3.15. The van der Waals surface area contributed by atoms with Gasteiger partial charge in [0.05, 0.1) is 23.1 Å². The van der Waals surface area contributed by atoms with Crippen LogP contribution >= 0.6 is 0 Å². The van der Waals surface area contributed by atoms with Crippen LogP contribution in [0.2, 0.25) is 0 Å². The van der Waals surface area contributed by atoms with Gasteiger partial charge in [-0.1, -0.05) is 12.1 Å². The summed E-state index contributed by atoms with van der Waals surface area (Å²) in [6, 6.07) is 7.37. The van der Waals surface area contributed by atoms with E-state index in [9.17, 15) is 4.79 Å². The largest absolute Gasteiger partial charge is 0.373 e. The summed E-state index contributed by atoms with van der Waals surface area (Å²) in [6.07, 6.45) is 1.59. The number of rotatable bonds is 5. The molecular weight excluding hydrogens is 292 g/mol. The highest BCUT2D eigenvalue weighted by atomic mass is 16.5. The molecule has 3 rings (SSSR count). The maximum absolute atomic E-state index is 12.0. The maximum atomic E-state index is 12.0. The molecule has 0 amide bonds. The molecule has 1 aliphatic rings. The molecule has 2 atom stereocenters. The van der Waals surface area contributed by atoms with E-state index in [0.29, 0.717) is 23.5 Å². The zero-order chi connectivity index (χ0) is 16.2. The number of anilines is 1. The number of hydrogen-bond donors (Lipinski definition) is 2. The second-order valence-electron chi connectivity index (χ2n) is 6.23. The number of para-hydroxylation sites is 1. The van der Waals surface area contributed by atoms with E-state index < -0.39 is 0 Å². The van der Waals surface area contributed by atoms with Crippen molar-refractivity contribution in [2.24, 2.45) is 0 Å². The number of H-pyrrole nitrogens is 1. The maximum Gasteiger partial charge on any atom is 0.260 e. The molecule has 0 saturated carbocycles. The highest BCUT2D eigenvalue weighted by Crippen LogP contribution is 2.11. The van der Waals surface area contributed by atoms with Crippen LogP contribution in [0.4, 0.5) is 5.95 Å². The fraction of sp³-hybridized carbons (Fsp3) is 0.529. The summed E-state index contributed by atoms with van der Waals surface area (Å²) in [6.45, 7) is 7.99. The molecule has 2 unspecified atom stereocenters. The average Bonchev–Trinajstić information content (AvgIpc) is 2.51. The Kier molecular flexibility index (Phi) is 4.93. The summed E-state index contributed by atoms with van der Waals surface area (Å²) < 4.78 is 5.74. The molecule has 2 aromatic rings. The highest BCUT2D eigenvalue weighted by molar-refractivity contribution is 5.78. The molecule has 1 aliphatic heterocycles. The number of fused-ring (bicyclic) bond motifs is 1. The summed E-state index contributed by atoms with van der Waals surface area (Å²) in [5.41, 5.74) is 0.614.